The largest absolute Gasteiger partial charge is 0.477 e. The smallest absolute Gasteiger partial charge is 0.475 e. The van der Waals surface area contributed by atoms with E-state index in [9.17, 15) is 54.2 Å². The van der Waals surface area contributed by atoms with Crippen LogP contribution in [0.25, 0.3) is 0 Å². The van der Waals surface area contributed by atoms with Gasteiger partial charge in [-0.05, 0) is 13.0 Å². The molecule has 0 aromatic carbocycles. The average molecular weight is 640 g/mol. The van der Waals surface area contributed by atoms with Crippen LogP contribution in [0.1, 0.15) is 33.4 Å². The fourth-order valence-electron chi connectivity index (χ4n) is 4.72. The third kappa shape index (κ3) is 7.92. The molecule has 10 N–H and O–H groups in total. The number of phosphoric acid groups is 1. The van der Waals surface area contributed by atoms with Crippen molar-refractivity contribution in [2.45, 2.75) is 87.9 Å². The van der Waals surface area contributed by atoms with E-state index in [1.807, 2.05) is 0 Å². The molecule has 11 atom stereocenters. The third-order valence-corrected chi connectivity index (χ3v) is 7.64. The molecule has 2 aliphatic heterocycles. The first-order chi connectivity index (χ1) is 19.9. The number of carbonyl (C=O) groups is 3. The van der Waals surface area contributed by atoms with Crippen molar-refractivity contribution in [2.24, 2.45) is 0 Å². The first-order valence-corrected chi connectivity index (χ1v) is 14.2. The van der Waals surface area contributed by atoms with Crippen LogP contribution in [0.2, 0.25) is 0 Å². The Morgan fingerprint density at radius 1 is 1.26 bits per heavy atom. The minimum absolute atomic E-state index is 0.127. The number of aliphatic hydroxyl groups excluding tert-OH is 4. The van der Waals surface area contributed by atoms with Crippen molar-refractivity contribution in [2.75, 3.05) is 12.3 Å². The topological polar surface area (TPSA) is 312 Å². The molecule has 20 nitrogen and oxygen atoms in total. The highest BCUT2D eigenvalue weighted by molar-refractivity contribution is 7.47. The maximum atomic E-state index is 13.0. The van der Waals surface area contributed by atoms with Gasteiger partial charge >= 0.3 is 19.5 Å². The molecule has 0 saturated carbocycles. The summed E-state index contributed by atoms with van der Waals surface area (Å²) in [6.45, 7) is 2.35. The Balaban J connectivity index is 1.83. The number of carboxylic acid groups (broad SMARTS) is 1. The van der Waals surface area contributed by atoms with Crippen LogP contribution >= 0.6 is 7.82 Å². The van der Waals surface area contributed by atoms with Crippen molar-refractivity contribution in [1.82, 2.24) is 20.2 Å². The lowest BCUT2D eigenvalue weighted by atomic mass is 9.87. The monoisotopic (exact) mass is 639 g/mol. The van der Waals surface area contributed by atoms with Crippen molar-refractivity contribution in [3.8, 4) is 0 Å². The number of anilines is 1. The summed E-state index contributed by atoms with van der Waals surface area (Å²) in [5.74, 6) is -6.68. The van der Waals surface area contributed by atoms with E-state index in [-0.39, 0.29) is 5.82 Å². The molecule has 0 aliphatic carbocycles. The maximum absolute atomic E-state index is 13.0. The number of aliphatic hydroxyl groups is 4. The summed E-state index contributed by atoms with van der Waals surface area (Å²) in [4.78, 5) is 62.0. The summed E-state index contributed by atoms with van der Waals surface area (Å²) < 4.78 is 34.4. The normalized spacial score (nSPS) is 33.6. The highest BCUT2D eigenvalue weighted by Gasteiger charge is 2.59. The molecule has 43 heavy (non-hydrogen) atoms. The number of carbonyl (C=O) groups excluding carboxylic acids is 2. The molecule has 21 heteroatoms. The number of nitrogens with two attached hydrogens (primary N) is 1. The fraction of sp³-hybridized carbons (Fsp3) is 0.682. The Morgan fingerprint density at radius 3 is 2.44 bits per heavy atom. The molecule has 0 spiro atoms. The van der Waals surface area contributed by atoms with Gasteiger partial charge in [0.1, 0.15) is 30.2 Å². The Hall–Kier alpha value is -3.04. The van der Waals surface area contributed by atoms with Crippen LogP contribution in [0, 0.1) is 0 Å². The minimum atomic E-state index is -5.49. The van der Waals surface area contributed by atoms with Crippen molar-refractivity contribution < 1.29 is 67.9 Å². The van der Waals surface area contributed by atoms with Crippen molar-refractivity contribution in [1.29, 1.82) is 0 Å². The van der Waals surface area contributed by atoms with Gasteiger partial charge in [0.15, 0.2) is 6.23 Å². The zero-order valence-corrected chi connectivity index (χ0v) is 23.9. The predicted molar refractivity (Wildman–Crippen MR) is 138 cm³/mol. The average Bonchev–Trinajstić information content (AvgIpc) is 3.15. The molecule has 1 aromatic heterocycles. The molecule has 1 unspecified atom stereocenters. The maximum Gasteiger partial charge on any atom is 0.475 e. The molecule has 242 valence electrons. The Bertz CT molecular complexity index is 1290. The van der Waals surface area contributed by atoms with Crippen LogP contribution in [0.4, 0.5) is 5.82 Å². The number of nitrogens with one attached hydrogen (secondary N) is 2. The summed E-state index contributed by atoms with van der Waals surface area (Å²) in [6.07, 6.45) is -11.5. The lowest BCUT2D eigenvalue weighted by Crippen LogP contribution is -2.69. The molecule has 2 saturated heterocycles. The second kappa shape index (κ2) is 13.3. The van der Waals surface area contributed by atoms with Crippen molar-refractivity contribution in [3.05, 3.63) is 22.7 Å². The van der Waals surface area contributed by atoms with Crippen molar-refractivity contribution in [3.63, 3.8) is 0 Å². The van der Waals surface area contributed by atoms with Gasteiger partial charge in [-0.3, -0.25) is 18.7 Å². The van der Waals surface area contributed by atoms with Gasteiger partial charge in [-0.2, -0.15) is 4.98 Å². The quantitative estimate of drug-likeness (QED) is 0.104. The first-order valence-electron chi connectivity index (χ1n) is 12.7. The number of phosphoric ester groups is 1. The van der Waals surface area contributed by atoms with Gasteiger partial charge in [0.25, 0.3) is 5.79 Å². The summed E-state index contributed by atoms with van der Waals surface area (Å²) in [5.41, 5.74) is 4.49. The molecule has 3 heterocycles. The summed E-state index contributed by atoms with van der Waals surface area (Å²) >= 11 is 0. The Morgan fingerprint density at radius 2 is 1.91 bits per heavy atom. The highest BCUT2D eigenvalue weighted by Crippen LogP contribution is 2.51. The predicted octanol–water partition coefficient (Wildman–Crippen LogP) is -4.10. The number of ether oxygens (including phenoxy) is 2. The van der Waals surface area contributed by atoms with E-state index in [1.165, 1.54) is 13.0 Å². The lowest BCUT2D eigenvalue weighted by molar-refractivity contribution is -0.276. The van der Waals surface area contributed by atoms with E-state index in [1.54, 1.807) is 0 Å². The third-order valence-electron chi connectivity index (χ3n) is 6.64. The van der Waals surface area contributed by atoms with Gasteiger partial charge in [0.05, 0.1) is 30.9 Å². The molecule has 0 bridgehead atoms. The van der Waals surface area contributed by atoms with E-state index >= 15 is 0 Å². The second-order valence-corrected chi connectivity index (χ2v) is 11.4. The molecule has 2 amide bonds. The number of hydrogen-bond acceptors (Lipinski definition) is 15. The molecular formula is C22H34N5O15P. The lowest BCUT2D eigenvalue weighted by Gasteiger charge is -2.47. The van der Waals surface area contributed by atoms with Crippen LogP contribution in [0.3, 0.4) is 0 Å². The summed E-state index contributed by atoms with van der Waals surface area (Å²) in [7, 11) is -5.49. The Kier molecular flexibility index (Phi) is 10.7. The van der Waals surface area contributed by atoms with E-state index in [4.69, 9.17) is 24.3 Å². The Labute approximate surface area is 242 Å². The van der Waals surface area contributed by atoms with Crippen LogP contribution in [-0.4, -0.2) is 119 Å². The standard InChI is InChI=1S/C22H34N5O15P/c1-8(28)14(24-9(2)29)18-15(25-10(3)30)11(31)6-22(41-18,20(34)35)42-43(37,38)39-7-12-16(32)17(33)19(40-12)27-5-4-13(23)26-21(27)36/h4-5,8,11-12,14-19,28,31-33H,6-7H2,1-3H3,(H,24,29)(H,25,30)(H,34,35)(H,37,38)(H2,23,26,36)/t8-,11+,12-,14-,15-,16-,17-,18+,19-,22-/m1/s1. The molecular weight excluding hydrogens is 605 g/mol. The van der Waals surface area contributed by atoms with E-state index in [0.717, 1.165) is 24.6 Å². The molecule has 0 radical (unpaired) electrons. The number of carboxylic acids is 1. The van der Waals surface area contributed by atoms with E-state index in [2.05, 4.69) is 15.6 Å². The number of nitrogen functional groups attached to an aromatic ring is 1. The van der Waals surface area contributed by atoms with Gasteiger partial charge in [-0.15, -0.1) is 0 Å². The van der Waals surface area contributed by atoms with E-state index in [0.29, 0.717) is 0 Å². The summed E-state index contributed by atoms with van der Waals surface area (Å²) in [6, 6.07) is -1.67. The number of rotatable bonds is 11. The van der Waals surface area contributed by atoms with Crippen LogP contribution in [0.5, 0.6) is 0 Å². The first kappa shape index (κ1) is 34.5. The van der Waals surface area contributed by atoms with Gasteiger partial charge in [0, 0.05) is 26.5 Å². The molecule has 1 aromatic rings. The summed E-state index contributed by atoms with van der Waals surface area (Å²) in [5, 5.41) is 56.5. The number of aliphatic carboxylic acids is 1. The zero-order valence-electron chi connectivity index (χ0n) is 23.0. The molecule has 2 fully saturated rings. The fourth-order valence-corrected chi connectivity index (χ4v) is 5.67. The molecule has 3 rings (SSSR count). The van der Waals surface area contributed by atoms with Gasteiger partial charge in [-0.1, -0.05) is 0 Å². The van der Waals surface area contributed by atoms with E-state index < -0.39 is 105 Å². The second-order valence-electron chi connectivity index (χ2n) is 10.0. The van der Waals surface area contributed by atoms with Crippen LogP contribution in [-0.2, 0) is 37.5 Å². The van der Waals surface area contributed by atoms with Gasteiger partial charge in [0.2, 0.25) is 11.8 Å². The minimum Gasteiger partial charge on any atom is -0.477 e. The van der Waals surface area contributed by atoms with Gasteiger partial charge < -0.3 is 56.3 Å². The molecule has 2 aliphatic rings. The SMILES string of the molecule is CC(=O)N[C@@H]([C@@H]1O[C@](OP(=O)(O)OC[C@H]2O[C@@H](n3ccc(N)nc3=O)[C@H](O)[C@@H]2O)(C(=O)O)C[C@H](O)[C@H]1NC(C)=O)[C@@H](C)O. The van der Waals surface area contributed by atoms with Crippen molar-refractivity contribution >= 4 is 31.4 Å². The number of amides is 2. The zero-order chi connectivity index (χ0) is 32.4. The number of hydrogen-bond donors (Lipinski definition) is 9. The van der Waals surface area contributed by atoms with Crippen LogP contribution in [0.15, 0.2) is 17.1 Å². The number of aromatic nitrogens is 2. The number of nitrogens with zero attached hydrogens (tertiary/aromatic N) is 2. The van der Waals surface area contributed by atoms with Gasteiger partial charge in [-0.25, -0.2) is 18.7 Å². The van der Waals surface area contributed by atoms with Crippen LogP contribution < -0.4 is 22.1 Å². The highest BCUT2D eigenvalue weighted by atomic mass is 31.2.